The number of aromatic nitrogens is 1. The smallest absolute Gasteiger partial charge is 0.339 e. The summed E-state index contributed by atoms with van der Waals surface area (Å²) in [5, 5.41) is 11.2. The average Bonchev–Trinajstić information content (AvgIpc) is 2.74. The van der Waals surface area contributed by atoms with Crippen molar-refractivity contribution in [1.82, 2.24) is 4.98 Å². The number of carbonyl (C=O) groups is 1. The van der Waals surface area contributed by atoms with Crippen LogP contribution in [0.5, 0.6) is 0 Å². The molecule has 0 aliphatic heterocycles. The number of carboxylic acids is 1. The van der Waals surface area contributed by atoms with E-state index in [1.165, 1.54) is 12.3 Å². The standard InChI is InChI=1S/C12H12BrN3O2S/c1-16(5-9-2-7(13)6-19-9)11-10(12(17)18)3-8(14)4-15-11/h2-4,6H,5,14H2,1H3,(H,17,18). The molecule has 0 aromatic carbocycles. The Morgan fingerprint density at radius 2 is 2.32 bits per heavy atom. The predicted octanol–water partition coefficient (Wildman–Crippen LogP) is 2.82. The summed E-state index contributed by atoms with van der Waals surface area (Å²) in [4.78, 5) is 18.2. The number of halogens is 1. The van der Waals surface area contributed by atoms with Crippen LogP contribution in [0.3, 0.4) is 0 Å². The quantitative estimate of drug-likeness (QED) is 0.893. The van der Waals surface area contributed by atoms with Crippen LogP contribution in [0.25, 0.3) is 0 Å². The van der Waals surface area contributed by atoms with Crippen molar-refractivity contribution in [3.05, 3.63) is 38.6 Å². The minimum absolute atomic E-state index is 0.109. The third-order valence-corrected chi connectivity index (χ3v) is 4.18. The van der Waals surface area contributed by atoms with E-state index in [1.807, 2.05) is 11.4 Å². The first-order chi connectivity index (χ1) is 8.97. The highest BCUT2D eigenvalue weighted by Gasteiger charge is 2.16. The third-order valence-electron chi connectivity index (χ3n) is 2.49. The topological polar surface area (TPSA) is 79.5 Å². The van der Waals surface area contributed by atoms with Crippen molar-refractivity contribution in [3.8, 4) is 0 Å². The van der Waals surface area contributed by atoms with Gasteiger partial charge in [-0.2, -0.15) is 0 Å². The Labute approximate surface area is 122 Å². The number of hydrogen-bond acceptors (Lipinski definition) is 5. The average molecular weight is 342 g/mol. The van der Waals surface area contributed by atoms with Gasteiger partial charge in [-0.1, -0.05) is 0 Å². The van der Waals surface area contributed by atoms with Crippen LogP contribution in [-0.2, 0) is 6.54 Å². The number of nitrogen functional groups attached to an aromatic ring is 1. The fourth-order valence-electron chi connectivity index (χ4n) is 1.68. The Bertz CT molecular complexity index is 615. The van der Waals surface area contributed by atoms with Crippen molar-refractivity contribution in [3.63, 3.8) is 0 Å². The number of carboxylic acid groups (broad SMARTS) is 1. The summed E-state index contributed by atoms with van der Waals surface area (Å²) < 4.78 is 1.02. The van der Waals surface area contributed by atoms with Crippen LogP contribution in [-0.4, -0.2) is 23.1 Å². The second-order valence-corrected chi connectivity index (χ2v) is 5.94. The first-order valence-electron chi connectivity index (χ1n) is 5.40. The Kier molecular flexibility index (Phi) is 4.06. The minimum Gasteiger partial charge on any atom is -0.478 e. The molecule has 0 fully saturated rings. The van der Waals surface area contributed by atoms with Crippen LogP contribution in [0.15, 0.2) is 28.2 Å². The second kappa shape index (κ2) is 5.58. The van der Waals surface area contributed by atoms with Crippen LogP contribution in [0.2, 0.25) is 0 Å². The van der Waals surface area contributed by atoms with Gasteiger partial charge in [0.05, 0.1) is 18.4 Å². The molecule has 0 unspecified atom stereocenters. The lowest BCUT2D eigenvalue weighted by Crippen LogP contribution is -2.20. The van der Waals surface area contributed by atoms with Crippen molar-refractivity contribution >= 4 is 44.7 Å². The van der Waals surface area contributed by atoms with E-state index in [9.17, 15) is 9.90 Å². The van der Waals surface area contributed by atoms with E-state index in [2.05, 4.69) is 20.9 Å². The lowest BCUT2D eigenvalue weighted by molar-refractivity contribution is 0.0697. The predicted molar refractivity (Wildman–Crippen MR) is 79.7 cm³/mol. The van der Waals surface area contributed by atoms with E-state index in [0.29, 0.717) is 18.1 Å². The molecule has 0 radical (unpaired) electrons. The number of pyridine rings is 1. The zero-order valence-corrected chi connectivity index (χ0v) is 12.5. The molecule has 0 atom stereocenters. The number of anilines is 2. The number of thiophene rings is 1. The number of rotatable bonds is 4. The van der Waals surface area contributed by atoms with E-state index in [0.717, 1.165) is 9.35 Å². The number of nitrogens with zero attached hydrogens (tertiary/aromatic N) is 2. The Hall–Kier alpha value is -1.60. The molecule has 0 aliphatic carbocycles. The second-order valence-electron chi connectivity index (χ2n) is 4.03. The molecule has 7 heteroatoms. The summed E-state index contributed by atoms with van der Waals surface area (Å²) >= 11 is 4.99. The van der Waals surface area contributed by atoms with E-state index in [1.54, 1.807) is 23.3 Å². The fourth-order valence-corrected chi connectivity index (χ4v) is 3.18. The van der Waals surface area contributed by atoms with E-state index in [4.69, 9.17) is 5.73 Å². The third kappa shape index (κ3) is 3.24. The van der Waals surface area contributed by atoms with Crippen LogP contribution in [0.4, 0.5) is 11.5 Å². The largest absolute Gasteiger partial charge is 0.478 e. The molecule has 0 bridgehead atoms. The van der Waals surface area contributed by atoms with E-state index < -0.39 is 5.97 Å². The van der Waals surface area contributed by atoms with Crippen molar-refractivity contribution in [1.29, 1.82) is 0 Å². The highest BCUT2D eigenvalue weighted by Crippen LogP contribution is 2.24. The maximum Gasteiger partial charge on any atom is 0.339 e. The van der Waals surface area contributed by atoms with Crippen molar-refractivity contribution in [2.45, 2.75) is 6.54 Å². The van der Waals surface area contributed by atoms with Gasteiger partial charge in [0.1, 0.15) is 11.4 Å². The first-order valence-corrected chi connectivity index (χ1v) is 7.07. The van der Waals surface area contributed by atoms with Gasteiger partial charge in [0, 0.05) is 21.8 Å². The highest BCUT2D eigenvalue weighted by atomic mass is 79.9. The minimum atomic E-state index is -1.03. The Morgan fingerprint density at radius 3 is 2.89 bits per heavy atom. The zero-order valence-electron chi connectivity index (χ0n) is 10.1. The molecule has 0 saturated carbocycles. The molecule has 2 aromatic heterocycles. The molecule has 100 valence electrons. The van der Waals surface area contributed by atoms with Crippen molar-refractivity contribution in [2.24, 2.45) is 0 Å². The highest BCUT2D eigenvalue weighted by molar-refractivity contribution is 9.10. The van der Waals surface area contributed by atoms with Gasteiger partial charge in [-0.15, -0.1) is 11.3 Å². The lowest BCUT2D eigenvalue weighted by atomic mass is 10.2. The van der Waals surface area contributed by atoms with Crippen molar-refractivity contribution in [2.75, 3.05) is 17.7 Å². The normalized spacial score (nSPS) is 10.4. The van der Waals surface area contributed by atoms with Crippen LogP contribution >= 0.6 is 27.3 Å². The van der Waals surface area contributed by atoms with E-state index in [-0.39, 0.29) is 5.56 Å². The maximum absolute atomic E-state index is 11.2. The molecule has 2 rings (SSSR count). The molecule has 0 amide bonds. The zero-order chi connectivity index (χ0) is 14.0. The molecule has 5 nitrogen and oxygen atoms in total. The maximum atomic E-state index is 11.2. The van der Waals surface area contributed by atoms with Gasteiger partial charge in [0.25, 0.3) is 0 Å². The fraction of sp³-hybridized carbons (Fsp3) is 0.167. The van der Waals surface area contributed by atoms with Gasteiger partial charge in [-0.25, -0.2) is 9.78 Å². The summed E-state index contributed by atoms with van der Waals surface area (Å²) in [7, 11) is 1.80. The van der Waals surface area contributed by atoms with Crippen LogP contribution < -0.4 is 10.6 Å². The number of nitrogens with two attached hydrogens (primary N) is 1. The molecular weight excluding hydrogens is 330 g/mol. The molecule has 0 spiro atoms. The van der Waals surface area contributed by atoms with Gasteiger partial charge in [0.2, 0.25) is 0 Å². The molecule has 0 saturated heterocycles. The van der Waals surface area contributed by atoms with Crippen LogP contribution in [0, 0.1) is 0 Å². The molecule has 19 heavy (non-hydrogen) atoms. The summed E-state index contributed by atoms with van der Waals surface area (Å²) in [5.74, 6) is -0.625. The van der Waals surface area contributed by atoms with E-state index >= 15 is 0 Å². The molecule has 0 aliphatic rings. The first kappa shape index (κ1) is 13.8. The number of hydrogen-bond donors (Lipinski definition) is 2. The van der Waals surface area contributed by atoms with Gasteiger partial charge in [0.15, 0.2) is 0 Å². The lowest BCUT2D eigenvalue weighted by Gasteiger charge is -2.19. The monoisotopic (exact) mass is 341 g/mol. The SMILES string of the molecule is CN(Cc1cc(Br)cs1)c1ncc(N)cc1C(=O)O. The summed E-state index contributed by atoms with van der Waals surface area (Å²) in [5.41, 5.74) is 6.02. The van der Waals surface area contributed by atoms with Gasteiger partial charge in [-0.05, 0) is 28.1 Å². The van der Waals surface area contributed by atoms with Gasteiger partial charge in [-0.3, -0.25) is 0 Å². The molecular formula is C12H12BrN3O2S. The van der Waals surface area contributed by atoms with Crippen molar-refractivity contribution < 1.29 is 9.90 Å². The summed E-state index contributed by atoms with van der Waals surface area (Å²) in [6, 6.07) is 3.42. The Balaban J connectivity index is 2.28. The molecule has 2 aromatic rings. The Morgan fingerprint density at radius 1 is 1.58 bits per heavy atom. The number of aromatic carboxylic acids is 1. The molecule has 3 N–H and O–H groups in total. The molecule has 2 heterocycles. The van der Waals surface area contributed by atoms with Gasteiger partial charge >= 0.3 is 5.97 Å². The van der Waals surface area contributed by atoms with Crippen LogP contribution in [0.1, 0.15) is 15.2 Å². The summed E-state index contributed by atoms with van der Waals surface area (Å²) in [6.07, 6.45) is 1.46. The summed E-state index contributed by atoms with van der Waals surface area (Å²) in [6.45, 7) is 0.591. The van der Waals surface area contributed by atoms with Gasteiger partial charge < -0.3 is 15.7 Å².